The van der Waals surface area contributed by atoms with Gasteiger partial charge in [0.25, 0.3) is 0 Å². The predicted molar refractivity (Wildman–Crippen MR) is 181 cm³/mol. The molecule has 6 rings (SSSR count). The van der Waals surface area contributed by atoms with Gasteiger partial charge < -0.3 is 38.8 Å². The summed E-state index contributed by atoms with van der Waals surface area (Å²) in [6, 6.07) is 24.3. The number of methoxy groups -OCH3 is 1. The highest BCUT2D eigenvalue weighted by Gasteiger charge is 2.46. The molecule has 0 spiro atoms. The largest absolute Gasteiger partial charge is 0.491 e. The van der Waals surface area contributed by atoms with Crippen LogP contribution in [-0.2, 0) is 22.4 Å². The Hall–Kier alpha value is -3.34. The second-order valence-electron chi connectivity index (χ2n) is 12.9. The SMILES string of the molecule is CCc1ccc(CN2CCN(c3ccc(OC[C@H]4O[C@H](OC)[C@H](Oc5ccc(OC6CCCCC6)cc5)[C@@H](O)[C@@H]4O)cc3)CC2)cc1. The van der Waals surface area contributed by atoms with Crippen LogP contribution in [0.5, 0.6) is 17.2 Å². The molecule has 5 atom stereocenters. The summed E-state index contributed by atoms with van der Waals surface area (Å²) in [6.07, 6.45) is 2.12. The fourth-order valence-electron chi connectivity index (χ4n) is 6.72. The highest BCUT2D eigenvalue weighted by molar-refractivity contribution is 5.49. The van der Waals surface area contributed by atoms with E-state index in [1.165, 1.54) is 37.5 Å². The van der Waals surface area contributed by atoms with Crippen LogP contribution in [0.4, 0.5) is 5.69 Å². The second kappa shape index (κ2) is 16.2. The number of ether oxygens (including phenoxy) is 5. The normalized spacial score (nSPS) is 25.8. The third-order valence-electron chi connectivity index (χ3n) is 9.65. The molecule has 2 N–H and O–H groups in total. The highest BCUT2D eigenvalue weighted by Crippen LogP contribution is 2.30. The van der Waals surface area contributed by atoms with Crippen LogP contribution in [0.15, 0.2) is 72.8 Å². The molecular weight excluding hydrogens is 596 g/mol. The molecule has 47 heavy (non-hydrogen) atoms. The average Bonchev–Trinajstić information content (AvgIpc) is 3.12. The number of benzene rings is 3. The van der Waals surface area contributed by atoms with Gasteiger partial charge in [0.1, 0.15) is 42.2 Å². The maximum atomic E-state index is 11.0. The summed E-state index contributed by atoms with van der Waals surface area (Å²) in [5.74, 6) is 1.99. The molecule has 0 amide bonds. The van der Waals surface area contributed by atoms with Gasteiger partial charge in [-0.2, -0.15) is 0 Å². The Labute approximate surface area is 279 Å². The lowest BCUT2D eigenvalue weighted by Crippen LogP contribution is -2.61. The Balaban J connectivity index is 0.959. The third kappa shape index (κ3) is 8.77. The molecule has 3 aliphatic rings. The number of aliphatic hydroxyl groups is 2. The molecule has 9 heteroatoms. The molecule has 3 aromatic rings. The lowest BCUT2D eigenvalue weighted by molar-refractivity contribution is -0.287. The van der Waals surface area contributed by atoms with E-state index >= 15 is 0 Å². The number of rotatable bonds is 12. The molecule has 2 aliphatic heterocycles. The van der Waals surface area contributed by atoms with E-state index in [9.17, 15) is 10.2 Å². The number of piperazine rings is 1. The molecule has 0 unspecified atom stereocenters. The summed E-state index contributed by atoms with van der Waals surface area (Å²) in [6.45, 7) is 7.17. The lowest BCUT2D eigenvalue weighted by Gasteiger charge is -2.41. The van der Waals surface area contributed by atoms with E-state index in [1.54, 1.807) is 12.1 Å². The third-order valence-corrected chi connectivity index (χ3v) is 9.65. The van der Waals surface area contributed by atoms with Crippen molar-refractivity contribution in [3.8, 4) is 17.2 Å². The first kappa shape index (κ1) is 33.6. The molecule has 3 aromatic carbocycles. The minimum atomic E-state index is -1.24. The Morgan fingerprint density at radius 2 is 1.34 bits per heavy atom. The summed E-state index contributed by atoms with van der Waals surface area (Å²) in [5, 5.41) is 22.0. The van der Waals surface area contributed by atoms with Crippen LogP contribution in [0.1, 0.15) is 50.2 Å². The molecule has 0 radical (unpaired) electrons. The maximum Gasteiger partial charge on any atom is 0.197 e. The minimum Gasteiger partial charge on any atom is -0.491 e. The summed E-state index contributed by atoms with van der Waals surface area (Å²) in [7, 11) is 1.49. The fourth-order valence-corrected chi connectivity index (χ4v) is 6.72. The van der Waals surface area contributed by atoms with E-state index in [-0.39, 0.29) is 12.7 Å². The van der Waals surface area contributed by atoms with Crippen molar-refractivity contribution in [2.75, 3.05) is 44.8 Å². The van der Waals surface area contributed by atoms with Crippen LogP contribution in [0, 0.1) is 0 Å². The van der Waals surface area contributed by atoms with Crippen molar-refractivity contribution in [2.45, 2.75) is 88.8 Å². The van der Waals surface area contributed by atoms with Crippen molar-refractivity contribution in [1.29, 1.82) is 0 Å². The van der Waals surface area contributed by atoms with E-state index in [2.05, 4.69) is 53.1 Å². The van der Waals surface area contributed by atoms with Gasteiger partial charge in [0.15, 0.2) is 12.4 Å². The van der Waals surface area contributed by atoms with Gasteiger partial charge in [0, 0.05) is 45.5 Å². The Bertz CT molecular complexity index is 1350. The molecule has 2 heterocycles. The van der Waals surface area contributed by atoms with Gasteiger partial charge in [-0.15, -0.1) is 0 Å². The molecule has 1 aliphatic carbocycles. The first-order valence-electron chi connectivity index (χ1n) is 17.2. The van der Waals surface area contributed by atoms with Crippen molar-refractivity contribution in [2.24, 2.45) is 0 Å². The maximum absolute atomic E-state index is 11.0. The van der Waals surface area contributed by atoms with E-state index in [4.69, 9.17) is 23.7 Å². The number of nitrogens with zero attached hydrogens (tertiary/aromatic N) is 2. The summed E-state index contributed by atoms with van der Waals surface area (Å²) < 4.78 is 29.7. The van der Waals surface area contributed by atoms with Crippen LogP contribution < -0.4 is 19.1 Å². The zero-order valence-electron chi connectivity index (χ0n) is 27.7. The van der Waals surface area contributed by atoms with E-state index in [0.717, 1.165) is 63.4 Å². The monoisotopic (exact) mass is 646 g/mol. The van der Waals surface area contributed by atoms with Crippen molar-refractivity contribution in [3.63, 3.8) is 0 Å². The summed E-state index contributed by atoms with van der Waals surface area (Å²) >= 11 is 0. The number of aryl methyl sites for hydroxylation is 1. The molecule has 2 saturated heterocycles. The van der Waals surface area contributed by atoms with E-state index in [1.807, 2.05) is 24.3 Å². The van der Waals surface area contributed by atoms with Crippen molar-refractivity contribution < 1.29 is 33.9 Å². The summed E-state index contributed by atoms with van der Waals surface area (Å²) in [4.78, 5) is 4.90. The van der Waals surface area contributed by atoms with Crippen molar-refractivity contribution in [3.05, 3.63) is 83.9 Å². The summed E-state index contributed by atoms with van der Waals surface area (Å²) in [5.41, 5.74) is 3.89. The molecule has 9 nitrogen and oxygen atoms in total. The van der Waals surface area contributed by atoms with Gasteiger partial charge in [-0.1, -0.05) is 37.6 Å². The van der Waals surface area contributed by atoms with Crippen LogP contribution in [0.25, 0.3) is 0 Å². The molecule has 0 aromatic heterocycles. The zero-order valence-corrected chi connectivity index (χ0v) is 27.7. The van der Waals surface area contributed by atoms with Gasteiger partial charge in [-0.05, 0) is 91.8 Å². The first-order chi connectivity index (χ1) is 23.0. The predicted octanol–water partition coefficient (Wildman–Crippen LogP) is 5.20. The van der Waals surface area contributed by atoms with Gasteiger partial charge in [0.2, 0.25) is 0 Å². The van der Waals surface area contributed by atoms with Gasteiger partial charge in [-0.3, -0.25) is 4.90 Å². The number of aliphatic hydroxyl groups excluding tert-OH is 2. The van der Waals surface area contributed by atoms with E-state index in [0.29, 0.717) is 11.5 Å². The van der Waals surface area contributed by atoms with Crippen molar-refractivity contribution >= 4 is 5.69 Å². The number of anilines is 1. The minimum absolute atomic E-state index is 0.0509. The van der Waals surface area contributed by atoms with Crippen LogP contribution >= 0.6 is 0 Å². The lowest BCUT2D eigenvalue weighted by atomic mass is 9.98. The standard InChI is InChI=1S/C38H50N2O7/c1-3-27-9-11-28(12-10-27)25-39-21-23-40(24-22-39)29-13-15-30(16-14-29)44-26-34-35(41)36(42)37(38(43-2)47-34)46-33-19-17-32(18-20-33)45-31-7-5-4-6-8-31/h9-20,31,34-38,41-42H,3-8,21-26H2,1-2H3/t34-,35-,36+,37-,38+/m1/s1. The smallest absolute Gasteiger partial charge is 0.197 e. The highest BCUT2D eigenvalue weighted by atomic mass is 16.7. The molecule has 0 bridgehead atoms. The van der Waals surface area contributed by atoms with Gasteiger partial charge in [0.05, 0.1) is 6.10 Å². The number of hydrogen-bond acceptors (Lipinski definition) is 9. The van der Waals surface area contributed by atoms with Crippen LogP contribution in [0.2, 0.25) is 0 Å². The average molecular weight is 647 g/mol. The van der Waals surface area contributed by atoms with E-state index < -0.39 is 30.7 Å². The second-order valence-corrected chi connectivity index (χ2v) is 12.9. The fraction of sp³-hybridized carbons (Fsp3) is 0.526. The molecule has 1 saturated carbocycles. The first-order valence-corrected chi connectivity index (χ1v) is 17.2. The quantitative estimate of drug-likeness (QED) is 0.276. The number of hydrogen-bond donors (Lipinski definition) is 2. The molecule has 254 valence electrons. The zero-order chi connectivity index (χ0) is 32.6. The topological polar surface area (TPSA) is 93.1 Å². The van der Waals surface area contributed by atoms with Crippen LogP contribution in [0.3, 0.4) is 0 Å². The van der Waals surface area contributed by atoms with Crippen LogP contribution in [-0.4, -0.2) is 91.8 Å². The molecular formula is C38H50N2O7. The van der Waals surface area contributed by atoms with Gasteiger partial charge >= 0.3 is 0 Å². The Kier molecular flexibility index (Phi) is 11.5. The molecule has 3 fully saturated rings. The van der Waals surface area contributed by atoms with Crippen molar-refractivity contribution in [1.82, 2.24) is 4.90 Å². The Morgan fingerprint density at radius 3 is 1.98 bits per heavy atom. The van der Waals surface area contributed by atoms with Gasteiger partial charge in [-0.25, -0.2) is 0 Å². The Morgan fingerprint density at radius 1 is 0.723 bits per heavy atom.